The number of nitrogens with zero attached hydrogens (tertiary/aromatic N) is 2. The molecule has 1 aliphatic rings. The molecule has 6 heteroatoms. The lowest BCUT2D eigenvalue weighted by Crippen LogP contribution is -2.16. The third-order valence-electron chi connectivity index (χ3n) is 5.62. The van der Waals surface area contributed by atoms with Crippen LogP contribution in [0, 0.1) is 18.7 Å². The smallest absolute Gasteiger partial charge is 0.337 e. The van der Waals surface area contributed by atoms with Gasteiger partial charge in [0.1, 0.15) is 10.8 Å². The lowest BCUT2D eigenvalue weighted by atomic mass is 9.89. The van der Waals surface area contributed by atoms with E-state index in [2.05, 4.69) is 4.57 Å². The SMILES string of the molecule is Cc1c(C(=O)O)cc(-c2csc(-c3ccc(F)cc3)n2)n1CC1CCCCC1. The van der Waals surface area contributed by atoms with Gasteiger partial charge in [0, 0.05) is 23.2 Å². The highest BCUT2D eigenvalue weighted by atomic mass is 32.1. The van der Waals surface area contributed by atoms with Crippen LogP contribution in [-0.2, 0) is 6.54 Å². The molecule has 1 N–H and O–H groups in total. The Hall–Kier alpha value is -2.47. The first kappa shape index (κ1) is 18.9. The lowest BCUT2D eigenvalue weighted by Gasteiger charge is -2.24. The molecule has 0 atom stereocenters. The first-order valence-corrected chi connectivity index (χ1v) is 10.6. The Labute approximate surface area is 167 Å². The van der Waals surface area contributed by atoms with Crippen LogP contribution in [0.15, 0.2) is 35.7 Å². The standard InChI is InChI=1S/C22H23FN2O2S/c1-14-18(22(26)27)11-20(25(14)12-15-5-3-2-4-6-15)19-13-28-21(24-19)16-7-9-17(23)10-8-16/h7-11,13,15H,2-6,12H2,1H3,(H,26,27). The highest BCUT2D eigenvalue weighted by Gasteiger charge is 2.23. The Morgan fingerprint density at radius 2 is 1.96 bits per heavy atom. The summed E-state index contributed by atoms with van der Waals surface area (Å²) < 4.78 is 15.3. The van der Waals surface area contributed by atoms with Gasteiger partial charge < -0.3 is 9.67 Å². The molecule has 1 fully saturated rings. The zero-order chi connectivity index (χ0) is 19.7. The fourth-order valence-corrected chi connectivity index (χ4v) is 4.87. The van der Waals surface area contributed by atoms with Crippen LogP contribution in [0.25, 0.3) is 22.0 Å². The van der Waals surface area contributed by atoms with Crippen LogP contribution in [-0.4, -0.2) is 20.6 Å². The topological polar surface area (TPSA) is 55.1 Å². The Bertz CT molecular complexity index is 985. The van der Waals surface area contributed by atoms with Crippen molar-refractivity contribution >= 4 is 17.3 Å². The Morgan fingerprint density at radius 3 is 2.64 bits per heavy atom. The number of aromatic carboxylic acids is 1. The molecular weight excluding hydrogens is 375 g/mol. The molecule has 146 valence electrons. The van der Waals surface area contributed by atoms with Gasteiger partial charge in [-0.15, -0.1) is 11.3 Å². The molecule has 2 heterocycles. The molecule has 0 amide bonds. The number of carboxylic acid groups (broad SMARTS) is 1. The minimum atomic E-state index is -0.907. The number of benzene rings is 1. The third kappa shape index (κ3) is 3.74. The van der Waals surface area contributed by atoms with E-state index in [4.69, 9.17) is 4.98 Å². The summed E-state index contributed by atoms with van der Waals surface area (Å²) in [5.74, 6) is -0.603. The molecule has 28 heavy (non-hydrogen) atoms. The molecular formula is C22H23FN2O2S. The predicted molar refractivity (Wildman–Crippen MR) is 109 cm³/mol. The van der Waals surface area contributed by atoms with Gasteiger partial charge >= 0.3 is 5.97 Å². The zero-order valence-corrected chi connectivity index (χ0v) is 16.6. The number of carbonyl (C=O) groups is 1. The van der Waals surface area contributed by atoms with Gasteiger partial charge in [-0.2, -0.15) is 0 Å². The van der Waals surface area contributed by atoms with E-state index in [0.29, 0.717) is 11.5 Å². The third-order valence-corrected chi connectivity index (χ3v) is 6.51. The van der Waals surface area contributed by atoms with E-state index in [1.54, 1.807) is 18.2 Å². The average molecular weight is 399 g/mol. The van der Waals surface area contributed by atoms with Crippen molar-refractivity contribution in [3.8, 4) is 22.0 Å². The van der Waals surface area contributed by atoms with Crippen molar-refractivity contribution in [2.45, 2.75) is 45.6 Å². The van der Waals surface area contributed by atoms with Gasteiger partial charge in [-0.25, -0.2) is 14.2 Å². The van der Waals surface area contributed by atoms with Gasteiger partial charge in [0.15, 0.2) is 0 Å². The molecule has 2 aromatic heterocycles. The lowest BCUT2D eigenvalue weighted by molar-refractivity contribution is 0.0696. The van der Waals surface area contributed by atoms with E-state index in [-0.39, 0.29) is 5.82 Å². The second-order valence-electron chi connectivity index (χ2n) is 7.49. The van der Waals surface area contributed by atoms with E-state index in [1.165, 1.54) is 55.6 Å². The number of halogens is 1. The second kappa shape index (κ2) is 7.87. The maximum atomic E-state index is 13.2. The van der Waals surface area contributed by atoms with Crippen LogP contribution >= 0.6 is 11.3 Å². The van der Waals surface area contributed by atoms with Gasteiger partial charge in [0.2, 0.25) is 0 Å². The summed E-state index contributed by atoms with van der Waals surface area (Å²) in [5.41, 5.74) is 3.60. The molecule has 4 rings (SSSR count). The number of aromatic nitrogens is 2. The molecule has 1 aliphatic carbocycles. The van der Waals surface area contributed by atoms with Crippen LogP contribution < -0.4 is 0 Å². The molecule has 4 nitrogen and oxygen atoms in total. The van der Waals surface area contributed by atoms with E-state index in [9.17, 15) is 14.3 Å². The zero-order valence-electron chi connectivity index (χ0n) is 15.8. The summed E-state index contributed by atoms with van der Waals surface area (Å²) in [5, 5.41) is 12.4. The van der Waals surface area contributed by atoms with Crippen molar-refractivity contribution in [2.24, 2.45) is 5.92 Å². The van der Waals surface area contributed by atoms with E-state index >= 15 is 0 Å². The predicted octanol–water partition coefficient (Wildman–Crippen LogP) is 6.00. The molecule has 3 aromatic rings. The summed E-state index contributed by atoms with van der Waals surface area (Å²) in [6.07, 6.45) is 6.17. The van der Waals surface area contributed by atoms with Crippen molar-refractivity contribution < 1.29 is 14.3 Å². The fraction of sp³-hybridized carbons (Fsp3) is 0.364. The summed E-state index contributed by atoms with van der Waals surface area (Å²) in [6, 6.07) is 8.02. The first-order valence-electron chi connectivity index (χ1n) is 9.68. The van der Waals surface area contributed by atoms with Crippen LogP contribution in [0.2, 0.25) is 0 Å². The molecule has 0 saturated heterocycles. The Balaban J connectivity index is 1.71. The highest BCUT2D eigenvalue weighted by molar-refractivity contribution is 7.13. The minimum absolute atomic E-state index is 0.274. The quantitative estimate of drug-likeness (QED) is 0.573. The summed E-state index contributed by atoms with van der Waals surface area (Å²) in [6.45, 7) is 2.71. The highest BCUT2D eigenvalue weighted by Crippen LogP contribution is 2.34. The molecule has 0 aliphatic heterocycles. The van der Waals surface area contributed by atoms with Crippen molar-refractivity contribution in [3.63, 3.8) is 0 Å². The molecule has 0 bridgehead atoms. The van der Waals surface area contributed by atoms with Gasteiger partial charge in [0.05, 0.1) is 17.0 Å². The molecule has 0 unspecified atom stereocenters. The summed E-state index contributed by atoms with van der Waals surface area (Å²) in [4.78, 5) is 16.4. The fourth-order valence-electron chi connectivity index (χ4n) is 4.05. The molecule has 1 aromatic carbocycles. The average Bonchev–Trinajstić information content (AvgIpc) is 3.29. The normalized spacial score (nSPS) is 15.1. The molecule has 0 spiro atoms. The van der Waals surface area contributed by atoms with Gasteiger partial charge in [-0.05, 0) is 56.0 Å². The Morgan fingerprint density at radius 1 is 1.25 bits per heavy atom. The number of hydrogen-bond donors (Lipinski definition) is 1. The summed E-state index contributed by atoms with van der Waals surface area (Å²) >= 11 is 1.49. The molecule has 0 radical (unpaired) electrons. The van der Waals surface area contributed by atoms with E-state index < -0.39 is 5.97 Å². The number of rotatable bonds is 5. The second-order valence-corrected chi connectivity index (χ2v) is 8.35. The first-order chi connectivity index (χ1) is 13.5. The summed E-state index contributed by atoms with van der Waals surface area (Å²) in [7, 11) is 0. The monoisotopic (exact) mass is 398 g/mol. The minimum Gasteiger partial charge on any atom is -0.478 e. The van der Waals surface area contributed by atoms with Gasteiger partial charge in [-0.3, -0.25) is 0 Å². The van der Waals surface area contributed by atoms with Crippen molar-refractivity contribution in [3.05, 3.63) is 52.8 Å². The maximum Gasteiger partial charge on any atom is 0.337 e. The van der Waals surface area contributed by atoms with E-state index in [0.717, 1.165) is 34.2 Å². The number of hydrogen-bond acceptors (Lipinski definition) is 3. The van der Waals surface area contributed by atoms with Gasteiger partial charge in [0.25, 0.3) is 0 Å². The van der Waals surface area contributed by atoms with Crippen molar-refractivity contribution in [2.75, 3.05) is 0 Å². The number of carboxylic acids is 1. The van der Waals surface area contributed by atoms with Crippen LogP contribution in [0.1, 0.15) is 48.2 Å². The largest absolute Gasteiger partial charge is 0.478 e. The molecule has 1 saturated carbocycles. The van der Waals surface area contributed by atoms with Crippen LogP contribution in [0.4, 0.5) is 4.39 Å². The van der Waals surface area contributed by atoms with E-state index in [1.807, 2.05) is 12.3 Å². The van der Waals surface area contributed by atoms with Gasteiger partial charge in [-0.1, -0.05) is 19.3 Å². The van der Waals surface area contributed by atoms with Crippen molar-refractivity contribution in [1.82, 2.24) is 9.55 Å². The van der Waals surface area contributed by atoms with Crippen LogP contribution in [0.3, 0.4) is 0 Å². The van der Waals surface area contributed by atoms with Crippen LogP contribution in [0.5, 0.6) is 0 Å². The Kier molecular flexibility index (Phi) is 5.31. The van der Waals surface area contributed by atoms with Crippen molar-refractivity contribution in [1.29, 1.82) is 0 Å². The maximum absolute atomic E-state index is 13.2. The number of thiazole rings is 1.